The number of nitrogens with one attached hydrogen (secondary N) is 2. The number of carbonyl (C=O) groups is 1. The summed E-state index contributed by atoms with van der Waals surface area (Å²) in [5, 5.41) is 0. The molecule has 1 aliphatic rings. The summed E-state index contributed by atoms with van der Waals surface area (Å²) in [5.74, 6) is 1.21. The number of piperidine rings is 1. The van der Waals surface area contributed by atoms with Gasteiger partial charge in [0.25, 0.3) is 5.91 Å². The number of amides is 1. The SMILES string of the molecule is CC(C)NS(=O)(=O)c1ccc(C(=O)N2CCC(c3nc4ccccc4[nH]3)CC2)cc1. The van der Waals surface area contributed by atoms with Crippen LogP contribution in [0.4, 0.5) is 0 Å². The van der Waals surface area contributed by atoms with Crippen LogP contribution in [0.5, 0.6) is 0 Å². The molecule has 8 heteroatoms. The fraction of sp³-hybridized carbons (Fsp3) is 0.364. The van der Waals surface area contributed by atoms with Crippen molar-refractivity contribution in [1.29, 1.82) is 0 Å². The fourth-order valence-corrected chi connectivity index (χ4v) is 5.11. The van der Waals surface area contributed by atoms with E-state index in [9.17, 15) is 13.2 Å². The van der Waals surface area contributed by atoms with Gasteiger partial charge in [-0.3, -0.25) is 4.79 Å². The zero-order valence-corrected chi connectivity index (χ0v) is 17.9. The molecule has 2 N–H and O–H groups in total. The zero-order valence-electron chi connectivity index (χ0n) is 17.1. The number of H-pyrrole nitrogens is 1. The summed E-state index contributed by atoms with van der Waals surface area (Å²) < 4.78 is 27.0. The molecular weight excluding hydrogens is 400 g/mol. The van der Waals surface area contributed by atoms with Gasteiger partial charge in [0.15, 0.2) is 0 Å². The molecule has 1 aromatic heterocycles. The Labute approximate surface area is 176 Å². The smallest absolute Gasteiger partial charge is 0.253 e. The monoisotopic (exact) mass is 426 g/mol. The molecule has 4 rings (SSSR count). The Hall–Kier alpha value is -2.71. The molecule has 7 nitrogen and oxygen atoms in total. The Balaban J connectivity index is 1.40. The van der Waals surface area contributed by atoms with Gasteiger partial charge in [-0.2, -0.15) is 0 Å². The summed E-state index contributed by atoms with van der Waals surface area (Å²) in [6.45, 7) is 4.83. The van der Waals surface area contributed by atoms with Gasteiger partial charge in [-0.1, -0.05) is 12.1 Å². The number of benzene rings is 2. The van der Waals surface area contributed by atoms with Crippen molar-refractivity contribution < 1.29 is 13.2 Å². The Bertz CT molecular complexity index is 1110. The van der Waals surface area contributed by atoms with E-state index in [-0.39, 0.29) is 16.8 Å². The first-order chi connectivity index (χ1) is 14.3. The number of fused-ring (bicyclic) bond motifs is 1. The second-order valence-electron chi connectivity index (χ2n) is 8.01. The molecule has 1 aliphatic heterocycles. The van der Waals surface area contributed by atoms with E-state index in [1.165, 1.54) is 12.1 Å². The molecular formula is C22H26N4O3S. The summed E-state index contributed by atoms with van der Waals surface area (Å²) >= 11 is 0. The molecule has 2 aromatic carbocycles. The lowest BCUT2D eigenvalue weighted by Crippen LogP contribution is -2.38. The number of rotatable bonds is 5. The Kier molecular flexibility index (Phi) is 5.62. The number of aromatic amines is 1. The number of imidazole rings is 1. The van der Waals surface area contributed by atoms with E-state index in [1.54, 1.807) is 26.0 Å². The maximum absolute atomic E-state index is 12.9. The van der Waals surface area contributed by atoms with Crippen molar-refractivity contribution in [2.24, 2.45) is 0 Å². The number of likely N-dealkylation sites (tertiary alicyclic amines) is 1. The highest BCUT2D eigenvalue weighted by Gasteiger charge is 2.26. The van der Waals surface area contributed by atoms with E-state index in [0.717, 1.165) is 29.7 Å². The van der Waals surface area contributed by atoms with Crippen molar-refractivity contribution in [3.63, 3.8) is 0 Å². The van der Waals surface area contributed by atoms with Gasteiger partial charge in [0.1, 0.15) is 5.82 Å². The average molecular weight is 427 g/mol. The van der Waals surface area contributed by atoms with Crippen LogP contribution in [0.1, 0.15) is 48.8 Å². The molecule has 0 unspecified atom stereocenters. The summed E-state index contributed by atoms with van der Waals surface area (Å²) in [6.07, 6.45) is 1.69. The van der Waals surface area contributed by atoms with Crippen LogP contribution in [0.3, 0.4) is 0 Å². The van der Waals surface area contributed by atoms with Gasteiger partial charge in [0.2, 0.25) is 10.0 Å². The van der Waals surface area contributed by atoms with Crippen LogP contribution in [0, 0.1) is 0 Å². The van der Waals surface area contributed by atoms with Crippen LogP contribution in [-0.2, 0) is 10.0 Å². The molecule has 0 spiro atoms. The van der Waals surface area contributed by atoms with E-state index in [4.69, 9.17) is 4.98 Å². The first-order valence-electron chi connectivity index (χ1n) is 10.2. The first kappa shape index (κ1) is 20.6. The highest BCUT2D eigenvalue weighted by atomic mass is 32.2. The molecule has 158 valence electrons. The molecule has 0 aliphatic carbocycles. The highest BCUT2D eigenvalue weighted by Crippen LogP contribution is 2.28. The van der Waals surface area contributed by atoms with Gasteiger partial charge in [0.05, 0.1) is 15.9 Å². The van der Waals surface area contributed by atoms with Crippen molar-refractivity contribution in [2.75, 3.05) is 13.1 Å². The van der Waals surface area contributed by atoms with Gasteiger partial charge in [0, 0.05) is 30.6 Å². The lowest BCUT2D eigenvalue weighted by atomic mass is 9.95. The first-order valence-corrected chi connectivity index (χ1v) is 11.7. The third-order valence-corrected chi connectivity index (χ3v) is 7.05. The van der Waals surface area contributed by atoms with Crippen LogP contribution >= 0.6 is 0 Å². The summed E-state index contributed by atoms with van der Waals surface area (Å²) in [7, 11) is -3.56. The summed E-state index contributed by atoms with van der Waals surface area (Å²) in [6, 6.07) is 13.9. The van der Waals surface area contributed by atoms with Crippen molar-refractivity contribution >= 4 is 27.0 Å². The maximum atomic E-state index is 12.9. The van der Waals surface area contributed by atoms with E-state index in [0.29, 0.717) is 24.6 Å². The number of para-hydroxylation sites is 2. The highest BCUT2D eigenvalue weighted by molar-refractivity contribution is 7.89. The third kappa shape index (κ3) is 4.24. The van der Waals surface area contributed by atoms with E-state index in [2.05, 4.69) is 9.71 Å². The van der Waals surface area contributed by atoms with Gasteiger partial charge < -0.3 is 9.88 Å². The van der Waals surface area contributed by atoms with Crippen LogP contribution in [0.25, 0.3) is 11.0 Å². The van der Waals surface area contributed by atoms with Gasteiger partial charge in [-0.15, -0.1) is 0 Å². The molecule has 30 heavy (non-hydrogen) atoms. The molecule has 0 atom stereocenters. The quantitative estimate of drug-likeness (QED) is 0.655. The van der Waals surface area contributed by atoms with Crippen LogP contribution < -0.4 is 4.72 Å². The molecule has 3 aromatic rings. The van der Waals surface area contributed by atoms with Crippen molar-refractivity contribution in [2.45, 2.75) is 43.5 Å². The predicted molar refractivity (Wildman–Crippen MR) is 116 cm³/mol. The van der Waals surface area contributed by atoms with Crippen molar-refractivity contribution in [3.05, 3.63) is 59.9 Å². The minimum atomic E-state index is -3.56. The summed E-state index contributed by atoms with van der Waals surface area (Å²) in [5.41, 5.74) is 2.50. The average Bonchev–Trinajstić information content (AvgIpc) is 3.17. The lowest BCUT2D eigenvalue weighted by molar-refractivity contribution is 0.0711. The number of hydrogen-bond donors (Lipinski definition) is 2. The number of nitrogens with zero attached hydrogens (tertiary/aromatic N) is 2. The number of sulfonamides is 1. The molecule has 0 radical (unpaired) electrons. The van der Waals surface area contributed by atoms with E-state index >= 15 is 0 Å². The second kappa shape index (κ2) is 8.20. The Morgan fingerprint density at radius 1 is 1.10 bits per heavy atom. The molecule has 1 fully saturated rings. The van der Waals surface area contributed by atoms with Crippen molar-refractivity contribution in [1.82, 2.24) is 19.6 Å². The van der Waals surface area contributed by atoms with Crippen LogP contribution in [0.15, 0.2) is 53.4 Å². The predicted octanol–water partition coefficient (Wildman–Crippen LogP) is 3.27. The second-order valence-corrected chi connectivity index (χ2v) is 9.72. The van der Waals surface area contributed by atoms with Gasteiger partial charge in [-0.05, 0) is 63.1 Å². The molecule has 1 amide bonds. The summed E-state index contributed by atoms with van der Waals surface area (Å²) in [4.78, 5) is 22.9. The largest absolute Gasteiger partial charge is 0.342 e. The standard InChI is InChI=1S/C22H26N4O3S/c1-15(2)25-30(28,29)18-9-7-17(8-10-18)22(27)26-13-11-16(12-14-26)21-23-19-5-3-4-6-20(19)24-21/h3-10,15-16,25H,11-14H2,1-2H3,(H,23,24). The van der Waals surface area contributed by atoms with Crippen LogP contribution in [0.2, 0.25) is 0 Å². The van der Waals surface area contributed by atoms with Crippen LogP contribution in [-0.4, -0.2) is 48.3 Å². The molecule has 0 bridgehead atoms. The molecule has 0 saturated carbocycles. The Morgan fingerprint density at radius 3 is 2.40 bits per heavy atom. The lowest BCUT2D eigenvalue weighted by Gasteiger charge is -2.31. The minimum Gasteiger partial charge on any atom is -0.342 e. The normalized spacial score (nSPS) is 15.8. The van der Waals surface area contributed by atoms with Crippen molar-refractivity contribution in [3.8, 4) is 0 Å². The minimum absolute atomic E-state index is 0.0705. The van der Waals surface area contributed by atoms with Gasteiger partial charge >= 0.3 is 0 Å². The third-order valence-electron chi connectivity index (χ3n) is 5.38. The number of aromatic nitrogens is 2. The number of carbonyl (C=O) groups excluding carboxylic acids is 1. The van der Waals surface area contributed by atoms with E-state index < -0.39 is 10.0 Å². The zero-order chi connectivity index (χ0) is 21.3. The Morgan fingerprint density at radius 2 is 1.77 bits per heavy atom. The topological polar surface area (TPSA) is 95.2 Å². The van der Waals surface area contributed by atoms with E-state index in [1.807, 2.05) is 29.2 Å². The molecule has 2 heterocycles. The fourth-order valence-electron chi connectivity index (χ4n) is 3.86. The number of hydrogen-bond acceptors (Lipinski definition) is 4. The molecule has 1 saturated heterocycles. The van der Waals surface area contributed by atoms with Gasteiger partial charge in [-0.25, -0.2) is 18.1 Å². The maximum Gasteiger partial charge on any atom is 0.253 e.